The molecule has 0 aromatic heterocycles. The standard InChI is InChI=1S/C17H19OSi/c1-2-3-10-15-11-7-12-16(19)17(15)18-13-14-8-5-4-6-9-14/h4-9,11-12H,2-3,10,13H2,1H3. The van der Waals surface area contributed by atoms with Gasteiger partial charge >= 0.3 is 0 Å². The first kappa shape index (κ1) is 13.9. The molecular weight excluding hydrogens is 248 g/mol. The normalized spacial score (nSPS) is 10.4. The highest BCUT2D eigenvalue weighted by atomic mass is 28.1. The Bertz CT molecular complexity index is 508. The van der Waals surface area contributed by atoms with Gasteiger partial charge in [-0.2, -0.15) is 0 Å². The quantitative estimate of drug-likeness (QED) is 0.729. The Kier molecular flexibility index (Phi) is 5.22. The molecule has 2 aromatic rings. The van der Waals surface area contributed by atoms with Crippen LogP contribution in [0.2, 0.25) is 0 Å². The second-order valence-electron chi connectivity index (χ2n) is 4.67. The topological polar surface area (TPSA) is 9.23 Å². The molecule has 19 heavy (non-hydrogen) atoms. The Morgan fingerprint density at radius 3 is 2.53 bits per heavy atom. The number of rotatable bonds is 6. The van der Waals surface area contributed by atoms with Gasteiger partial charge in [0.1, 0.15) is 12.4 Å². The molecule has 0 N–H and O–H groups in total. The van der Waals surface area contributed by atoms with E-state index in [1.54, 1.807) is 0 Å². The van der Waals surface area contributed by atoms with Crippen molar-refractivity contribution in [3.05, 3.63) is 59.7 Å². The fourth-order valence-electron chi connectivity index (χ4n) is 2.05. The molecule has 0 aliphatic carbocycles. The summed E-state index contributed by atoms with van der Waals surface area (Å²) in [5.41, 5.74) is 2.48. The molecule has 0 heterocycles. The minimum Gasteiger partial charge on any atom is -0.489 e. The van der Waals surface area contributed by atoms with Crippen LogP contribution in [0.3, 0.4) is 0 Å². The first-order chi connectivity index (χ1) is 9.31. The molecule has 0 unspecified atom stereocenters. The number of aryl methyl sites for hydroxylation is 1. The maximum atomic E-state index is 6.00. The zero-order valence-corrected chi connectivity index (χ0v) is 12.4. The van der Waals surface area contributed by atoms with Crippen LogP contribution in [0.1, 0.15) is 30.9 Å². The van der Waals surface area contributed by atoms with E-state index in [1.165, 1.54) is 24.0 Å². The third-order valence-corrected chi connectivity index (χ3v) is 3.52. The lowest BCUT2D eigenvalue weighted by atomic mass is 10.1. The molecule has 0 aliphatic rings. The smallest absolute Gasteiger partial charge is 0.121 e. The van der Waals surface area contributed by atoms with Gasteiger partial charge in [0.25, 0.3) is 0 Å². The molecule has 0 spiro atoms. The highest BCUT2D eigenvalue weighted by Crippen LogP contribution is 2.19. The van der Waals surface area contributed by atoms with Crippen molar-refractivity contribution in [2.45, 2.75) is 32.8 Å². The molecule has 2 heteroatoms. The SMILES string of the molecule is CCCCc1cccc([Si])c1OCc1ccccc1. The van der Waals surface area contributed by atoms with E-state index in [0.717, 1.165) is 17.4 Å². The maximum absolute atomic E-state index is 6.00. The van der Waals surface area contributed by atoms with Crippen LogP contribution in [0.5, 0.6) is 5.75 Å². The summed E-state index contributed by atoms with van der Waals surface area (Å²) in [5.74, 6) is 0.983. The van der Waals surface area contributed by atoms with Crippen LogP contribution in [0.15, 0.2) is 48.5 Å². The predicted octanol–water partition coefficient (Wildman–Crippen LogP) is 3.40. The zero-order chi connectivity index (χ0) is 13.5. The van der Waals surface area contributed by atoms with Crippen LogP contribution in [0.25, 0.3) is 0 Å². The average Bonchev–Trinajstić information content (AvgIpc) is 2.45. The number of hydrogen-bond acceptors (Lipinski definition) is 1. The van der Waals surface area contributed by atoms with Crippen molar-refractivity contribution >= 4 is 15.4 Å². The summed E-state index contributed by atoms with van der Waals surface area (Å²) in [6, 6.07) is 16.5. The Morgan fingerprint density at radius 2 is 1.79 bits per heavy atom. The Labute approximate surface area is 119 Å². The van der Waals surface area contributed by atoms with Crippen molar-refractivity contribution in [3.8, 4) is 5.75 Å². The Hall–Kier alpha value is -1.54. The number of unbranched alkanes of at least 4 members (excludes halogenated alkanes) is 1. The molecule has 0 bridgehead atoms. The molecule has 0 aliphatic heterocycles. The molecule has 97 valence electrons. The van der Waals surface area contributed by atoms with E-state index < -0.39 is 0 Å². The summed E-state index contributed by atoms with van der Waals surface area (Å²) in [5, 5.41) is 1.03. The molecule has 0 saturated heterocycles. The van der Waals surface area contributed by atoms with E-state index in [1.807, 2.05) is 24.3 Å². The van der Waals surface area contributed by atoms with Crippen molar-refractivity contribution in [1.29, 1.82) is 0 Å². The van der Waals surface area contributed by atoms with Gasteiger partial charge in [0, 0.05) is 0 Å². The summed E-state index contributed by atoms with van der Waals surface area (Å²) in [7, 11) is 3.64. The van der Waals surface area contributed by atoms with E-state index in [4.69, 9.17) is 4.74 Å². The van der Waals surface area contributed by atoms with Gasteiger partial charge in [-0.15, -0.1) is 0 Å². The highest BCUT2D eigenvalue weighted by molar-refractivity contribution is 6.34. The van der Waals surface area contributed by atoms with Gasteiger partial charge in [-0.25, -0.2) is 0 Å². The van der Waals surface area contributed by atoms with Gasteiger partial charge in [0.15, 0.2) is 0 Å². The van der Waals surface area contributed by atoms with Crippen molar-refractivity contribution in [2.24, 2.45) is 0 Å². The van der Waals surface area contributed by atoms with Crippen LogP contribution >= 0.6 is 0 Å². The van der Waals surface area contributed by atoms with Crippen molar-refractivity contribution < 1.29 is 4.74 Å². The van der Waals surface area contributed by atoms with Crippen molar-refractivity contribution in [3.63, 3.8) is 0 Å². The maximum Gasteiger partial charge on any atom is 0.121 e. The third kappa shape index (κ3) is 3.96. The predicted molar refractivity (Wildman–Crippen MR) is 81.2 cm³/mol. The minimum atomic E-state index is 0.613. The summed E-state index contributed by atoms with van der Waals surface area (Å²) < 4.78 is 6.00. The third-order valence-electron chi connectivity index (χ3n) is 3.12. The van der Waals surface area contributed by atoms with E-state index in [0.29, 0.717) is 6.61 Å². The highest BCUT2D eigenvalue weighted by Gasteiger charge is 2.06. The second-order valence-corrected chi connectivity index (χ2v) is 5.21. The molecule has 1 nitrogen and oxygen atoms in total. The molecule has 2 aromatic carbocycles. The number of ether oxygens (including phenoxy) is 1. The zero-order valence-electron chi connectivity index (χ0n) is 11.4. The van der Waals surface area contributed by atoms with Gasteiger partial charge in [-0.05, 0) is 29.2 Å². The van der Waals surface area contributed by atoms with Crippen LogP contribution < -0.4 is 9.92 Å². The van der Waals surface area contributed by atoms with Crippen LogP contribution in [-0.4, -0.2) is 10.2 Å². The second kappa shape index (κ2) is 7.15. The van der Waals surface area contributed by atoms with Gasteiger partial charge in [0.05, 0.1) is 10.2 Å². The molecule has 0 saturated carbocycles. The molecular formula is C17H19OSi. The minimum absolute atomic E-state index is 0.613. The largest absolute Gasteiger partial charge is 0.489 e. The first-order valence-electron chi connectivity index (χ1n) is 6.81. The fourth-order valence-corrected chi connectivity index (χ4v) is 2.38. The van der Waals surface area contributed by atoms with Gasteiger partial charge in [-0.1, -0.05) is 61.9 Å². The molecule has 0 fully saturated rings. The molecule has 2 rings (SSSR count). The summed E-state index contributed by atoms with van der Waals surface area (Å²) in [6.07, 6.45) is 3.46. The van der Waals surface area contributed by atoms with E-state index in [2.05, 4.69) is 41.4 Å². The van der Waals surface area contributed by atoms with Crippen molar-refractivity contribution in [1.82, 2.24) is 0 Å². The number of para-hydroxylation sites is 1. The van der Waals surface area contributed by atoms with Crippen LogP contribution in [0, 0.1) is 0 Å². The van der Waals surface area contributed by atoms with Crippen molar-refractivity contribution in [2.75, 3.05) is 0 Å². The van der Waals surface area contributed by atoms with E-state index in [9.17, 15) is 0 Å². The molecule has 0 atom stereocenters. The average molecular weight is 267 g/mol. The molecule has 0 amide bonds. The lowest BCUT2D eigenvalue weighted by molar-refractivity contribution is 0.305. The lowest BCUT2D eigenvalue weighted by Crippen LogP contribution is -2.12. The van der Waals surface area contributed by atoms with Gasteiger partial charge < -0.3 is 4.74 Å². The Balaban J connectivity index is 2.10. The van der Waals surface area contributed by atoms with E-state index in [-0.39, 0.29) is 0 Å². The van der Waals surface area contributed by atoms with Gasteiger partial charge in [0.2, 0.25) is 0 Å². The van der Waals surface area contributed by atoms with Gasteiger partial charge in [-0.3, -0.25) is 0 Å². The first-order valence-corrected chi connectivity index (χ1v) is 7.31. The number of hydrogen-bond donors (Lipinski definition) is 0. The summed E-state index contributed by atoms with van der Waals surface area (Å²) in [6.45, 7) is 2.82. The summed E-state index contributed by atoms with van der Waals surface area (Å²) >= 11 is 0. The molecule has 3 radical (unpaired) electrons. The Morgan fingerprint density at radius 1 is 1.00 bits per heavy atom. The number of benzene rings is 2. The lowest BCUT2D eigenvalue weighted by Gasteiger charge is -2.14. The van der Waals surface area contributed by atoms with E-state index >= 15 is 0 Å². The van der Waals surface area contributed by atoms with Crippen LogP contribution in [-0.2, 0) is 13.0 Å². The summed E-state index contributed by atoms with van der Waals surface area (Å²) in [4.78, 5) is 0. The monoisotopic (exact) mass is 267 g/mol. The van der Waals surface area contributed by atoms with Crippen LogP contribution in [0.4, 0.5) is 0 Å². The fraction of sp³-hybridized carbons (Fsp3) is 0.294.